The van der Waals surface area contributed by atoms with Crippen LogP contribution in [0.25, 0.3) is 12.2 Å². The lowest BCUT2D eigenvalue weighted by Gasteiger charge is -2.34. The number of nitrogens with zero attached hydrogens (tertiary/aromatic N) is 3. The van der Waals surface area contributed by atoms with Gasteiger partial charge in [0.1, 0.15) is 6.54 Å². The standard InChI is InChI=1S/C28H32ClN5O3/c1-2-37-27(35)18-31-28(36)32-25-9-12-34(13-10-25)26-7-5-21(6-8-26)3-4-22-15-23(17-24(29)16-22)19-33-14-11-30-20-33/h3-8,11,14-17,20,25H,2,9-10,12-13,18-19H2,1H3,(H2,31,32,36)/b4-3+. The Balaban J connectivity index is 1.26. The van der Waals surface area contributed by atoms with Crippen LogP contribution in [-0.4, -0.2) is 53.8 Å². The summed E-state index contributed by atoms with van der Waals surface area (Å²) in [6.07, 6.45) is 11.3. The number of imidazole rings is 1. The minimum atomic E-state index is -0.436. The minimum Gasteiger partial charge on any atom is -0.465 e. The molecule has 8 nitrogen and oxygen atoms in total. The van der Waals surface area contributed by atoms with Crippen molar-refractivity contribution in [1.29, 1.82) is 0 Å². The number of urea groups is 1. The first kappa shape index (κ1) is 26.3. The summed E-state index contributed by atoms with van der Waals surface area (Å²) < 4.78 is 6.83. The van der Waals surface area contributed by atoms with Gasteiger partial charge in [0, 0.05) is 48.8 Å². The molecule has 194 valence electrons. The van der Waals surface area contributed by atoms with Gasteiger partial charge >= 0.3 is 12.0 Å². The van der Waals surface area contributed by atoms with Crippen LogP contribution in [-0.2, 0) is 16.1 Å². The van der Waals surface area contributed by atoms with Crippen molar-refractivity contribution in [2.24, 2.45) is 0 Å². The first-order valence-corrected chi connectivity index (χ1v) is 12.8. The zero-order valence-electron chi connectivity index (χ0n) is 20.9. The number of hydrogen-bond acceptors (Lipinski definition) is 5. The quantitative estimate of drug-likeness (QED) is 0.318. The van der Waals surface area contributed by atoms with Crippen LogP contribution in [0.2, 0.25) is 5.02 Å². The van der Waals surface area contributed by atoms with Crippen LogP contribution in [0.1, 0.15) is 36.5 Å². The number of benzene rings is 2. The number of hydrogen-bond donors (Lipinski definition) is 2. The van der Waals surface area contributed by atoms with E-state index in [0.717, 1.165) is 54.9 Å². The van der Waals surface area contributed by atoms with Crippen molar-refractivity contribution in [3.05, 3.63) is 82.9 Å². The van der Waals surface area contributed by atoms with Crippen LogP contribution in [0.5, 0.6) is 0 Å². The van der Waals surface area contributed by atoms with E-state index in [1.54, 1.807) is 19.4 Å². The van der Waals surface area contributed by atoms with E-state index in [1.165, 1.54) is 0 Å². The summed E-state index contributed by atoms with van der Waals surface area (Å²) in [5.74, 6) is -0.436. The number of rotatable bonds is 9. The number of carbonyl (C=O) groups excluding carboxylic acids is 2. The lowest BCUT2D eigenvalue weighted by Crippen LogP contribution is -2.48. The summed E-state index contributed by atoms with van der Waals surface area (Å²) in [6.45, 7) is 4.33. The molecule has 2 heterocycles. The highest BCUT2D eigenvalue weighted by atomic mass is 35.5. The third-order valence-electron chi connectivity index (χ3n) is 6.16. The number of halogens is 1. The highest BCUT2D eigenvalue weighted by Gasteiger charge is 2.21. The van der Waals surface area contributed by atoms with Gasteiger partial charge in [-0.1, -0.05) is 35.9 Å². The molecule has 1 aromatic heterocycles. The Morgan fingerprint density at radius 1 is 1.11 bits per heavy atom. The van der Waals surface area contributed by atoms with Gasteiger partial charge in [-0.25, -0.2) is 9.78 Å². The predicted octanol–water partition coefficient (Wildman–Crippen LogP) is 4.59. The zero-order valence-corrected chi connectivity index (χ0v) is 21.7. The van der Waals surface area contributed by atoms with Crippen LogP contribution >= 0.6 is 11.6 Å². The second kappa shape index (κ2) is 13.0. The maximum Gasteiger partial charge on any atom is 0.325 e. The Kier molecular flexibility index (Phi) is 9.21. The Hall–Kier alpha value is -3.78. The SMILES string of the molecule is CCOC(=O)CNC(=O)NC1CCN(c2ccc(/C=C/c3cc(Cl)cc(Cn4ccnc4)c3)cc2)CC1. The van der Waals surface area contributed by atoms with Crippen LogP contribution < -0.4 is 15.5 Å². The average molecular weight is 522 g/mol. The summed E-state index contributed by atoms with van der Waals surface area (Å²) >= 11 is 6.35. The molecule has 0 bridgehead atoms. The van der Waals surface area contributed by atoms with Crippen molar-refractivity contribution in [2.45, 2.75) is 32.4 Å². The summed E-state index contributed by atoms with van der Waals surface area (Å²) in [5, 5.41) is 6.20. The highest BCUT2D eigenvalue weighted by molar-refractivity contribution is 6.30. The van der Waals surface area contributed by atoms with E-state index in [2.05, 4.69) is 63.0 Å². The monoisotopic (exact) mass is 521 g/mol. The second-order valence-corrected chi connectivity index (χ2v) is 9.38. The molecule has 9 heteroatoms. The zero-order chi connectivity index (χ0) is 26.0. The van der Waals surface area contributed by atoms with E-state index >= 15 is 0 Å². The normalized spacial score (nSPS) is 14.1. The number of aromatic nitrogens is 2. The second-order valence-electron chi connectivity index (χ2n) is 8.95. The number of anilines is 1. The molecule has 0 atom stereocenters. The largest absolute Gasteiger partial charge is 0.465 e. The molecule has 0 spiro atoms. The molecule has 1 aliphatic heterocycles. The van der Waals surface area contributed by atoms with Gasteiger partial charge in [0.15, 0.2) is 0 Å². The van der Waals surface area contributed by atoms with Crippen molar-refractivity contribution in [3.8, 4) is 0 Å². The molecular weight excluding hydrogens is 490 g/mol. The Bertz CT molecular complexity index is 1200. The fraction of sp³-hybridized carbons (Fsp3) is 0.321. The number of carbonyl (C=O) groups is 2. The van der Waals surface area contributed by atoms with E-state index in [9.17, 15) is 9.59 Å². The molecule has 4 rings (SSSR count). The van der Waals surface area contributed by atoms with Crippen LogP contribution in [0.4, 0.5) is 10.5 Å². The molecule has 0 saturated carbocycles. The smallest absolute Gasteiger partial charge is 0.325 e. The fourth-order valence-electron chi connectivity index (χ4n) is 4.33. The molecule has 0 aliphatic carbocycles. The number of amides is 2. The molecule has 2 amide bonds. The topological polar surface area (TPSA) is 88.5 Å². The van der Waals surface area contributed by atoms with Gasteiger partial charge in [-0.3, -0.25) is 4.79 Å². The lowest BCUT2D eigenvalue weighted by atomic mass is 10.0. The summed E-state index contributed by atoms with van der Waals surface area (Å²) in [6, 6.07) is 14.3. The minimum absolute atomic E-state index is 0.0806. The average Bonchev–Trinajstić information content (AvgIpc) is 3.40. The van der Waals surface area contributed by atoms with E-state index in [1.807, 2.05) is 22.9 Å². The summed E-state index contributed by atoms with van der Waals surface area (Å²) in [5.41, 5.74) is 4.44. The fourth-order valence-corrected chi connectivity index (χ4v) is 4.59. The lowest BCUT2D eigenvalue weighted by molar-refractivity contribution is -0.141. The van der Waals surface area contributed by atoms with Gasteiger partial charge in [0.2, 0.25) is 0 Å². The molecule has 1 aliphatic rings. The van der Waals surface area contributed by atoms with Gasteiger partial charge in [0.05, 0.1) is 12.9 Å². The molecule has 0 unspecified atom stereocenters. The van der Waals surface area contributed by atoms with Crippen molar-refractivity contribution in [2.75, 3.05) is 31.1 Å². The molecule has 1 saturated heterocycles. The van der Waals surface area contributed by atoms with Crippen LogP contribution in [0, 0.1) is 0 Å². The maximum atomic E-state index is 12.0. The molecule has 37 heavy (non-hydrogen) atoms. The van der Waals surface area contributed by atoms with Crippen LogP contribution in [0.15, 0.2) is 61.2 Å². The summed E-state index contributed by atoms with van der Waals surface area (Å²) in [4.78, 5) is 29.8. The number of esters is 1. The van der Waals surface area contributed by atoms with Gasteiger partial charge in [-0.15, -0.1) is 0 Å². The Morgan fingerprint density at radius 2 is 1.86 bits per heavy atom. The van der Waals surface area contributed by atoms with Crippen molar-refractivity contribution in [3.63, 3.8) is 0 Å². The Labute approximate surface area is 222 Å². The van der Waals surface area contributed by atoms with Gasteiger partial charge in [0.25, 0.3) is 0 Å². The van der Waals surface area contributed by atoms with Crippen LogP contribution in [0.3, 0.4) is 0 Å². The van der Waals surface area contributed by atoms with E-state index in [-0.39, 0.29) is 18.6 Å². The number of ether oxygens (including phenoxy) is 1. The van der Waals surface area contributed by atoms with Gasteiger partial charge in [-0.2, -0.15) is 0 Å². The number of piperidine rings is 1. The maximum absolute atomic E-state index is 12.0. The molecule has 1 fully saturated rings. The first-order chi connectivity index (χ1) is 18.0. The third kappa shape index (κ3) is 8.11. The predicted molar refractivity (Wildman–Crippen MR) is 147 cm³/mol. The van der Waals surface area contributed by atoms with Gasteiger partial charge in [-0.05, 0) is 66.8 Å². The third-order valence-corrected chi connectivity index (χ3v) is 6.38. The molecule has 2 aromatic carbocycles. The number of nitrogens with one attached hydrogen (secondary N) is 2. The van der Waals surface area contributed by atoms with Gasteiger partial charge < -0.3 is 24.8 Å². The van der Waals surface area contributed by atoms with Crippen molar-refractivity contribution < 1.29 is 14.3 Å². The van der Waals surface area contributed by atoms with E-state index < -0.39 is 5.97 Å². The van der Waals surface area contributed by atoms with E-state index in [0.29, 0.717) is 11.6 Å². The molecule has 2 N–H and O–H groups in total. The van der Waals surface area contributed by atoms with Crippen molar-refractivity contribution >= 4 is 41.4 Å². The Morgan fingerprint density at radius 3 is 2.57 bits per heavy atom. The summed E-state index contributed by atoms with van der Waals surface area (Å²) in [7, 11) is 0. The molecular formula is C28H32ClN5O3. The highest BCUT2D eigenvalue weighted by Crippen LogP contribution is 2.22. The van der Waals surface area contributed by atoms with E-state index in [4.69, 9.17) is 16.3 Å². The van der Waals surface area contributed by atoms with Crippen molar-refractivity contribution in [1.82, 2.24) is 20.2 Å². The molecule has 3 aromatic rings. The molecule has 0 radical (unpaired) electrons. The first-order valence-electron chi connectivity index (χ1n) is 12.5.